The van der Waals surface area contributed by atoms with Crippen molar-refractivity contribution >= 4 is 50.6 Å². The summed E-state index contributed by atoms with van der Waals surface area (Å²) < 4.78 is 11.7. The van der Waals surface area contributed by atoms with E-state index in [1.54, 1.807) is 19.2 Å². The Bertz CT molecular complexity index is 873. The lowest BCUT2D eigenvalue weighted by Gasteiger charge is -2.24. The lowest BCUT2D eigenvalue weighted by atomic mass is 9.98. The van der Waals surface area contributed by atoms with Gasteiger partial charge < -0.3 is 15.2 Å². The van der Waals surface area contributed by atoms with Crippen LogP contribution in [0.5, 0.6) is 11.5 Å². The zero-order valence-electron chi connectivity index (χ0n) is 14.2. The van der Waals surface area contributed by atoms with Gasteiger partial charge in [0.05, 0.1) is 31.0 Å². The van der Waals surface area contributed by atoms with E-state index >= 15 is 0 Å². The highest BCUT2D eigenvalue weighted by atomic mass is 79.9. The molecule has 0 amide bonds. The molecule has 26 heavy (non-hydrogen) atoms. The standard InChI is InChI=1S/C18H17BrClN3O2S/c1-24-15-8-7-12(16(20)17(15)25-2)14-9-13(22-23(14)18(21)26)10-3-5-11(19)6-4-10/h3-8,14H,9H2,1-2H3,(H2,21,26). The molecule has 0 fully saturated rings. The Morgan fingerprint density at radius 2 is 1.92 bits per heavy atom. The van der Waals surface area contributed by atoms with Gasteiger partial charge in [0.1, 0.15) is 0 Å². The van der Waals surface area contributed by atoms with Crippen molar-refractivity contribution in [2.24, 2.45) is 10.8 Å². The molecule has 0 spiro atoms. The van der Waals surface area contributed by atoms with Crippen LogP contribution in [0, 0.1) is 0 Å². The highest BCUT2D eigenvalue weighted by molar-refractivity contribution is 9.10. The molecule has 5 nitrogen and oxygen atoms in total. The number of halogens is 2. The average molecular weight is 455 g/mol. The summed E-state index contributed by atoms with van der Waals surface area (Å²) in [7, 11) is 3.12. The first-order valence-corrected chi connectivity index (χ1v) is 9.36. The van der Waals surface area contributed by atoms with E-state index in [4.69, 9.17) is 39.0 Å². The molecular weight excluding hydrogens is 438 g/mol. The number of hydrogen-bond donors (Lipinski definition) is 1. The molecule has 1 unspecified atom stereocenters. The maximum absolute atomic E-state index is 6.58. The third-order valence-electron chi connectivity index (χ3n) is 4.19. The Labute approximate surface area is 170 Å². The van der Waals surface area contributed by atoms with Gasteiger partial charge in [-0.3, -0.25) is 0 Å². The van der Waals surface area contributed by atoms with Gasteiger partial charge >= 0.3 is 0 Å². The minimum atomic E-state index is -0.210. The summed E-state index contributed by atoms with van der Waals surface area (Å²) in [5, 5.41) is 6.90. The van der Waals surface area contributed by atoms with Gasteiger partial charge in [0.2, 0.25) is 0 Å². The molecule has 1 heterocycles. The fourth-order valence-electron chi connectivity index (χ4n) is 2.93. The number of methoxy groups -OCH3 is 2. The highest BCUT2D eigenvalue weighted by Gasteiger charge is 2.33. The van der Waals surface area contributed by atoms with Gasteiger partial charge in [-0.2, -0.15) is 5.10 Å². The van der Waals surface area contributed by atoms with E-state index in [-0.39, 0.29) is 11.2 Å². The third kappa shape index (κ3) is 3.51. The summed E-state index contributed by atoms with van der Waals surface area (Å²) in [4.78, 5) is 0. The topological polar surface area (TPSA) is 60.1 Å². The monoisotopic (exact) mass is 453 g/mol. The molecule has 3 rings (SSSR count). The molecule has 2 aromatic rings. The van der Waals surface area contributed by atoms with Crippen molar-refractivity contribution in [3.05, 3.63) is 57.0 Å². The molecule has 2 N–H and O–H groups in total. The van der Waals surface area contributed by atoms with Gasteiger partial charge in [0.25, 0.3) is 0 Å². The van der Waals surface area contributed by atoms with Crippen LogP contribution in [0.1, 0.15) is 23.6 Å². The summed E-state index contributed by atoms with van der Waals surface area (Å²) in [6.07, 6.45) is 0.619. The van der Waals surface area contributed by atoms with Gasteiger partial charge in [-0.05, 0) is 41.5 Å². The second kappa shape index (κ2) is 7.82. The number of nitrogens with zero attached hydrogens (tertiary/aromatic N) is 2. The maximum Gasteiger partial charge on any atom is 0.187 e. The van der Waals surface area contributed by atoms with Crippen molar-refractivity contribution in [1.82, 2.24) is 5.01 Å². The summed E-state index contributed by atoms with van der Waals surface area (Å²) in [5.41, 5.74) is 8.64. The molecular formula is C18H17BrClN3O2S. The van der Waals surface area contributed by atoms with Crippen molar-refractivity contribution in [2.45, 2.75) is 12.5 Å². The number of hydrazone groups is 1. The number of ether oxygens (including phenoxy) is 2. The van der Waals surface area contributed by atoms with E-state index in [1.165, 1.54) is 0 Å². The number of hydrogen-bond acceptors (Lipinski definition) is 4. The van der Waals surface area contributed by atoms with Crippen LogP contribution in [0.3, 0.4) is 0 Å². The first-order valence-electron chi connectivity index (χ1n) is 7.78. The molecule has 0 radical (unpaired) electrons. The van der Waals surface area contributed by atoms with E-state index in [0.717, 1.165) is 21.3 Å². The van der Waals surface area contributed by atoms with Crippen LogP contribution in [-0.2, 0) is 0 Å². The molecule has 0 saturated carbocycles. The smallest absolute Gasteiger partial charge is 0.187 e. The van der Waals surface area contributed by atoms with Crippen LogP contribution >= 0.6 is 39.7 Å². The summed E-state index contributed by atoms with van der Waals surface area (Å²) in [6.45, 7) is 0. The maximum atomic E-state index is 6.58. The molecule has 8 heteroatoms. The van der Waals surface area contributed by atoms with Crippen LogP contribution in [0.4, 0.5) is 0 Å². The van der Waals surface area contributed by atoms with Gasteiger partial charge in [-0.1, -0.05) is 45.7 Å². The fraction of sp³-hybridized carbons (Fsp3) is 0.222. The molecule has 0 bridgehead atoms. The Morgan fingerprint density at radius 1 is 1.23 bits per heavy atom. The molecule has 1 atom stereocenters. The van der Waals surface area contributed by atoms with Crippen LogP contribution < -0.4 is 15.2 Å². The zero-order chi connectivity index (χ0) is 18.8. The van der Waals surface area contributed by atoms with Crippen molar-refractivity contribution in [1.29, 1.82) is 0 Å². The summed E-state index contributed by atoms with van der Waals surface area (Å²) >= 11 is 15.2. The minimum absolute atomic E-state index is 0.188. The Morgan fingerprint density at radius 3 is 2.50 bits per heavy atom. The largest absolute Gasteiger partial charge is 0.493 e. The van der Waals surface area contributed by atoms with E-state index in [1.807, 2.05) is 36.4 Å². The molecule has 1 aliphatic rings. The number of thiocarbonyl (C=S) groups is 1. The Hall–Kier alpha value is -1.83. The van der Waals surface area contributed by atoms with Crippen LogP contribution in [0.25, 0.3) is 0 Å². The van der Waals surface area contributed by atoms with Crippen LogP contribution in [0.15, 0.2) is 46.0 Å². The first-order chi connectivity index (χ1) is 12.5. The van der Waals surface area contributed by atoms with Crippen molar-refractivity contribution in [3.63, 3.8) is 0 Å². The van der Waals surface area contributed by atoms with E-state index in [2.05, 4.69) is 21.0 Å². The quantitative estimate of drug-likeness (QED) is 0.689. The molecule has 0 aromatic heterocycles. The third-order valence-corrected chi connectivity index (χ3v) is 5.29. The molecule has 1 aliphatic heterocycles. The minimum Gasteiger partial charge on any atom is -0.493 e. The number of benzene rings is 2. The van der Waals surface area contributed by atoms with Crippen LogP contribution in [0.2, 0.25) is 5.02 Å². The fourth-order valence-corrected chi connectivity index (χ4v) is 3.73. The zero-order valence-corrected chi connectivity index (χ0v) is 17.4. The van der Waals surface area contributed by atoms with Gasteiger partial charge in [0.15, 0.2) is 16.6 Å². The van der Waals surface area contributed by atoms with E-state index in [9.17, 15) is 0 Å². The summed E-state index contributed by atoms with van der Waals surface area (Å²) in [5.74, 6) is 1.04. The van der Waals surface area contributed by atoms with Crippen molar-refractivity contribution in [3.8, 4) is 11.5 Å². The van der Waals surface area contributed by atoms with Crippen molar-refractivity contribution in [2.75, 3.05) is 14.2 Å². The predicted octanol–water partition coefficient (Wildman–Crippen LogP) is 4.51. The predicted molar refractivity (Wildman–Crippen MR) is 111 cm³/mol. The highest BCUT2D eigenvalue weighted by Crippen LogP contribution is 2.43. The second-order valence-electron chi connectivity index (χ2n) is 5.66. The molecule has 136 valence electrons. The van der Waals surface area contributed by atoms with Crippen LogP contribution in [-0.4, -0.2) is 30.1 Å². The van der Waals surface area contributed by atoms with Crippen molar-refractivity contribution < 1.29 is 9.47 Å². The van der Waals surface area contributed by atoms with Gasteiger partial charge in [0, 0.05) is 10.9 Å². The lowest BCUT2D eigenvalue weighted by Crippen LogP contribution is -2.31. The van der Waals surface area contributed by atoms with E-state index < -0.39 is 0 Å². The average Bonchev–Trinajstić information content (AvgIpc) is 3.07. The molecule has 0 saturated heterocycles. The SMILES string of the molecule is COc1ccc(C2CC(c3ccc(Br)cc3)=NN2C(N)=S)c(Cl)c1OC. The van der Waals surface area contributed by atoms with Gasteiger partial charge in [-0.15, -0.1) is 0 Å². The number of rotatable bonds is 4. The van der Waals surface area contributed by atoms with Gasteiger partial charge in [-0.25, -0.2) is 5.01 Å². The molecule has 2 aromatic carbocycles. The summed E-state index contributed by atoms with van der Waals surface area (Å²) in [6, 6.07) is 11.4. The normalized spacial score (nSPS) is 16.4. The second-order valence-corrected chi connectivity index (χ2v) is 7.37. The number of nitrogens with two attached hydrogens (primary N) is 1. The van der Waals surface area contributed by atoms with E-state index in [0.29, 0.717) is 22.9 Å². The molecule has 0 aliphatic carbocycles. The Kier molecular flexibility index (Phi) is 5.70. The lowest BCUT2D eigenvalue weighted by molar-refractivity contribution is 0.348. The first kappa shape index (κ1) is 18.9. The Balaban J connectivity index is 2.01.